The van der Waals surface area contributed by atoms with Crippen LogP contribution >= 0.6 is 0 Å². The Kier molecular flexibility index (Phi) is 4.32. The van der Waals surface area contributed by atoms with E-state index in [1.165, 1.54) is 0 Å². The van der Waals surface area contributed by atoms with Gasteiger partial charge in [-0.2, -0.15) is 0 Å². The summed E-state index contributed by atoms with van der Waals surface area (Å²) in [5.41, 5.74) is -0.401. The molecule has 1 aromatic rings. The second kappa shape index (κ2) is 5.41. The quantitative estimate of drug-likeness (QED) is 0.723. The molecule has 0 aliphatic heterocycles. The summed E-state index contributed by atoms with van der Waals surface area (Å²) in [4.78, 5) is 10.4. The SMILES string of the molecule is O=C(O)C(O)C(O)c1ccc(OC(F)(F)F)c(F)c1. The minimum Gasteiger partial charge on any atom is -0.479 e. The number of aliphatic hydroxyl groups is 2. The first kappa shape index (κ1) is 15.2. The number of alkyl halides is 3. The van der Waals surface area contributed by atoms with Crippen molar-refractivity contribution in [2.24, 2.45) is 0 Å². The van der Waals surface area contributed by atoms with Gasteiger partial charge >= 0.3 is 12.3 Å². The van der Waals surface area contributed by atoms with Crippen LogP contribution in [-0.2, 0) is 4.79 Å². The maximum Gasteiger partial charge on any atom is 0.573 e. The molecule has 0 fully saturated rings. The fourth-order valence-corrected chi connectivity index (χ4v) is 1.23. The van der Waals surface area contributed by atoms with E-state index in [-0.39, 0.29) is 0 Å². The monoisotopic (exact) mass is 284 g/mol. The summed E-state index contributed by atoms with van der Waals surface area (Å²) < 4.78 is 52.2. The highest BCUT2D eigenvalue weighted by atomic mass is 19.4. The van der Waals surface area contributed by atoms with Crippen LogP contribution in [0.25, 0.3) is 0 Å². The molecule has 1 aromatic carbocycles. The minimum absolute atomic E-state index is 0.401. The molecule has 0 radical (unpaired) electrons. The van der Waals surface area contributed by atoms with Crippen molar-refractivity contribution in [2.75, 3.05) is 0 Å². The van der Waals surface area contributed by atoms with Crippen LogP contribution in [0.4, 0.5) is 17.6 Å². The van der Waals surface area contributed by atoms with Gasteiger partial charge in [-0.05, 0) is 17.7 Å². The molecule has 0 amide bonds. The van der Waals surface area contributed by atoms with Crippen molar-refractivity contribution >= 4 is 5.97 Å². The van der Waals surface area contributed by atoms with Crippen molar-refractivity contribution in [2.45, 2.75) is 18.6 Å². The van der Waals surface area contributed by atoms with Gasteiger partial charge < -0.3 is 20.1 Å². The molecule has 0 saturated carbocycles. The zero-order chi connectivity index (χ0) is 14.8. The van der Waals surface area contributed by atoms with Gasteiger partial charge in [0.25, 0.3) is 0 Å². The Labute approximate surface area is 103 Å². The molecule has 0 aliphatic rings. The Morgan fingerprint density at radius 1 is 1.26 bits per heavy atom. The number of carbonyl (C=O) groups is 1. The van der Waals surface area contributed by atoms with Gasteiger partial charge in [-0.15, -0.1) is 13.2 Å². The molecule has 0 heterocycles. The van der Waals surface area contributed by atoms with Crippen molar-refractivity contribution in [3.63, 3.8) is 0 Å². The highest BCUT2D eigenvalue weighted by molar-refractivity contribution is 5.73. The van der Waals surface area contributed by atoms with Gasteiger partial charge in [0.15, 0.2) is 17.7 Å². The molecule has 2 atom stereocenters. The molecule has 5 nitrogen and oxygen atoms in total. The number of halogens is 4. The number of hydrogen-bond acceptors (Lipinski definition) is 4. The molecule has 9 heteroatoms. The third kappa shape index (κ3) is 4.07. The van der Waals surface area contributed by atoms with Crippen molar-refractivity contribution < 1.29 is 42.4 Å². The Hall–Kier alpha value is -1.87. The van der Waals surface area contributed by atoms with Crippen molar-refractivity contribution in [3.05, 3.63) is 29.6 Å². The Morgan fingerprint density at radius 3 is 2.26 bits per heavy atom. The highest BCUT2D eigenvalue weighted by Crippen LogP contribution is 2.28. The number of hydrogen-bond donors (Lipinski definition) is 3. The zero-order valence-electron chi connectivity index (χ0n) is 9.06. The number of rotatable bonds is 4. The molecule has 3 N–H and O–H groups in total. The number of aliphatic carboxylic acids is 1. The average Bonchev–Trinajstić information content (AvgIpc) is 2.28. The molecule has 0 spiro atoms. The molecule has 0 saturated heterocycles. The number of carboxylic acids is 1. The molecule has 0 bridgehead atoms. The summed E-state index contributed by atoms with van der Waals surface area (Å²) in [7, 11) is 0. The van der Waals surface area contributed by atoms with E-state index in [2.05, 4.69) is 4.74 Å². The summed E-state index contributed by atoms with van der Waals surface area (Å²) in [6.45, 7) is 0. The van der Waals surface area contributed by atoms with E-state index in [9.17, 15) is 27.5 Å². The Bertz CT molecular complexity index is 473. The zero-order valence-corrected chi connectivity index (χ0v) is 9.06. The average molecular weight is 284 g/mol. The highest BCUT2D eigenvalue weighted by Gasteiger charge is 2.33. The molecule has 2 unspecified atom stereocenters. The summed E-state index contributed by atoms with van der Waals surface area (Å²) in [5.74, 6) is -4.34. The molecule has 106 valence electrons. The number of benzene rings is 1. The minimum atomic E-state index is -5.08. The van der Waals surface area contributed by atoms with E-state index in [1.54, 1.807) is 0 Å². The lowest BCUT2D eigenvalue weighted by Crippen LogP contribution is -2.27. The molecular formula is C10H8F4O5. The second-order valence-corrected chi connectivity index (χ2v) is 3.47. The van der Waals surface area contributed by atoms with E-state index in [1.807, 2.05) is 0 Å². The fourth-order valence-electron chi connectivity index (χ4n) is 1.23. The van der Waals surface area contributed by atoms with E-state index >= 15 is 0 Å². The lowest BCUT2D eigenvalue weighted by atomic mass is 10.0. The summed E-state index contributed by atoms with van der Waals surface area (Å²) in [6, 6.07) is 1.81. The maximum atomic E-state index is 13.2. The van der Waals surface area contributed by atoms with E-state index < -0.39 is 41.7 Å². The van der Waals surface area contributed by atoms with E-state index in [0.29, 0.717) is 12.1 Å². The number of carboxylic acid groups (broad SMARTS) is 1. The van der Waals surface area contributed by atoms with Crippen LogP contribution in [-0.4, -0.2) is 33.8 Å². The lowest BCUT2D eigenvalue weighted by Gasteiger charge is -2.15. The van der Waals surface area contributed by atoms with Gasteiger partial charge in [0.05, 0.1) is 0 Å². The van der Waals surface area contributed by atoms with Crippen LogP contribution in [0.2, 0.25) is 0 Å². The third-order valence-electron chi connectivity index (χ3n) is 2.08. The standard InChI is InChI=1S/C10H8F4O5/c11-5-3-4(7(15)8(16)9(17)18)1-2-6(5)19-10(12,13)14/h1-3,7-8,15-16H,(H,17,18). The second-order valence-electron chi connectivity index (χ2n) is 3.47. The predicted molar refractivity (Wildman–Crippen MR) is 51.7 cm³/mol. The molecular weight excluding hydrogens is 276 g/mol. The number of ether oxygens (including phenoxy) is 1. The van der Waals surface area contributed by atoms with Crippen LogP contribution in [0.5, 0.6) is 5.75 Å². The fraction of sp³-hybridized carbons (Fsp3) is 0.300. The van der Waals surface area contributed by atoms with Crippen molar-refractivity contribution in [1.29, 1.82) is 0 Å². The van der Waals surface area contributed by atoms with Crippen molar-refractivity contribution in [1.82, 2.24) is 0 Å². The maximum absolute atomic E-state index is 13.2. The third-order valence-corrected chi connectivity index (χ3v) is 2.08. The van der Waals surface area contributed by atoms with Crippen LogP contribution in [0, 0.1) is 5.82 Å². The molecule has 1 rings (SSSR count). The molecule has 0 aliphatic carbocycles. The summed E-state index contributed by atoms with van der Waals surface area (Å²) in [5, 5.41) is 26.8. The van der Waals surface area contributed by atoms with E-state index in [0.717, 1.165) is 6.07 Å². The van der Waals surface area contributed by atoms with Crippen LogP contribution in [0.3, 0.4) is 0 Å². The van der Waals surface area contributed by atoms with Crippen LogP contribution < -0.4 is 4.74 Å². The van der Waals surface area contributed by atoms with Crippen molar-refractivity contribution in [3.8, 4) is 5.75 Å². The largest absolute Gasteiger partial charge is 0.573 e. The first-order valence-corrected chi connectivity index (χ1v) is 4.76. The smallest absolute Gasteiger partial charge is 0.479 e. The Morgan fingerprint density at radius 2 is 1.84 bits per heavy atom. The summed E-state index contributed by atoms with van der Waals surface area (Å²) >= 11 is 0. The normalized spacial score (nSPS) is 14.8. The summed E-state index contributed by atoms with van der Waals surface area (Å²) in [6.07, 6.45) is -9.29. The topological polar surface area (TPSA) is 87.0 Å². The number of aliphatic hydroxyl groups excluding tert-OH is 2. The van der Waals surface area contributed by atoms with Crippen LogP contribution in [0.15, 0.2) is 18.2 Å². The first-order chi connectivity index (χ1) is 8.61. The van der Waals surface area contributed by atoms with Gasteiger partial charge in [0.1, 0.15) is 6.10 Å². The van der Waals surface area contributed by atoms with E-state index in [4.69, 9.17) is 10.2 Å². The van der Waals surface area contributed by atoms with Gasteiger partial charge in [-0.1, -0.05) is 6.07 Å². The first-order valence-electron chi connectivity index (χ1n) is 4.76. The lowest BCUT2D eigenvalue weighted by molar-refractivity contribution is -0.275. The van der Waals surface area contributed by atoms with Gasteiger partial charge in [0, 0.05) is 0 Å². The molecule has 19 heavy (non-hydrogen) atoms. The van der Waals surface area contributed by atoms with Gasteiger partial charge in [-0.25, -0.2) is 9.18 Å². The molecule has 0 aromatic heterocycles. The van der Waals surface area contributed by atoms with Gasteiger partial charge in [0.2, 0.25) is 0 Å². The Balaban J connectivity index is 2.97. The van der Waals surface area contributed by atoms with Gasteiger partial charge in [-0.3, -0.25) is 0 Å². The predicted octanol–water partition coefficient (Wildman–Crippen LogP) is 1.20. The van der Waals surface area contributed by atoms with Crippen LogP contribution in [0.1, 0.15) is 11.7 Å².